The highest BCUT2D eigenvalue weighted by molar-refractivity contribution is 7.73. The number of rotatable bonds is 12. The zero-order chi connectivity index (χ0) is 27.5. The van der Waals surface area contributed by atoms with Gasteiger partial charge in [0.1, 0.15) is 6.04 Å². The number of carbonyl (C=O) groups is 3. The van der Waals surface area contributed by atoms with E-state index in [-0.39, 0.29) is 43.5 Å². The van der Waals surface area contributed by atoms with E-state index in [1.807, 2.05) is 64.1 Å². The fourth-order valence-electron chi connectivity index (χ4n) is 3.65. The summed E-state index contributed by atoms with van der Waals surface area (Å²) < 4.78 is 0.323. The molecule has 3 amide bonds. The number of hydroxylamine groups is 1. The van der Waals surface area contributed by atoms with Gasteiger partial charge in [-0.1, -0.05) is 70.2 Å². The molecule has 0 fully saturated rings. The number of nitrogens with zero attached hydrogens (tertiary/aromatic N) is 2. The van der Waals surface area contributed by atoms with Gasteiger partial charge < -0.3 is 10.1 Å². The molecule has 1 atom stereocenters. The number of hydrogen-bond acceptors (Lipinski definition) is 7. The minimum Gasteiger partial charge on any atom is -0.494 e. The van der Waals surface area contributed by atoms with Crippen molar-refractivity contribution >= 4 is 47.4 Å². The van der Waals surface area contributed by atoms with Crippen molar-refractivity contribution < 1.29 is 24.7 Å². The van der Waals surface area contributed by atoms with E-state index in [2.05, 4.69) is 4.98 Å². The van der Waals surface area contributed by atoms with Crippen LogP contribution in [0.4, 0.5) is 0 Å². The predicted octanol–water partition coefficient (Wildman–Crippen LogP) is 4.70. The van der Waals surface area contributed by atoms with Gasteiger partial charge in [0.25, 0.3) is 5.91 Å². The molecule has 1 heterocycles. The van der Waals surface area contributed by atoms with Crippen molar-refractivity contribution in [1.82, 2.24) is 20.5 Å². The summed E-state index contributed by atoms with van der Waals surface area (Å²) in [5.74, 6) is -1.70. The first-order chi connectivity index (χ1) is 17.5. The summed E-state index contributed by atoms with van der Waals surface area (Å²) in [6.07, 6.45) is 4.08. The largest absolute Gasteiger partial charge is 0.494 e. The van der Waals surface area contributed by atoms with Crippen molar-refractivity contribution in [1.29, 1.82) is 0 Å². The van der Waals surface area contributed by atoms with E-state index in [1.54, 1.807) is 11.6 Å². The molecule has 0 saturated carbocycles. The SMILES string of the molecule is CC(C)CCC(=O)N([C@@H](CC=Cc1ccccc1)C(=O)NO)N(CC(C)C)C(=O)Cc1sc(=S)[nH]c1O. The highest BCUT2D eigenvalue weighted by Crippen LogP contribution is 2.24. The van der Waals surface area contributed by atoms with Gasteiger partial charge in [0, 0.05) is 13.0 Å². The summed E-state index contributed by atoms with van der Waals surface area (Å²) in [7, 11) is 0. The summed E-state index contributed by atoms with van der Waals surface area (Å²) >= 11 is 6.14. The van der Waals surface area contributed by atoms with Crippen molar-refractivity contribution in [3.8, 4) is 5.88 Å². The lowest BCUT2D eigenvalue weighted by atomic mass is 10.1. The molecule has 2 rings (SSSR count). The molecule has 0 radical (unpaired) electrons. The van der Waals surface area contributed by atoms with Gasteiger partial charge >= 0.3 is 0 Å². The molecule has 37 heavy (non-hydrogen) atoms. The standard InChI is InChI=1S/C26H36N4O5S2/c1-17(2)13-14-22(31)30(20(24(33)28-35)12-8-11-19-9-6-5-7-10-19)29(16-18(3)4)23(32)15-21-25(34)27-26(36)37-21/h5-11,17-18,20,34-35H,12-16H2,1-4H3,(H,27,36)(H,28,33)/t20-/m0/s1. The molecule has 0 aliphatic heterocycles. The predicted molar refractivity (Wildman–Crippen MR) is 146 cm³/mol. The molecule has 1 aromatic heterocycles. The second kappa shape index (κ2) is 14.7. The van der Waals surface area contributed by atoms with Crippen LogP contribution >= 0.6 is 23.6 Å². The maximum Gasteiger partial charge on any atom is 0.268 e. The number of thiazole rings is 1. The first-order valence-electron chi connectivity index (χ1n) is 12.2. The first kappa shape index (κ1) is 30.2. The minimum atomic E-state index is -1.18. The third-order valence-electron chi connectivity index (χ3n) is 5.47. The van der Waals surface area contributed by atoms with E-state index in [9.17, 15) is 24.7 Å². The number of amides is 3. The van der Waals surface area contributed by atoms with Crippen LogP contribution < -0.4 is 5.48 Å². The number of aromatic nitrogens is 1. The molecule has 0 spiro atoms. The average molecular weight is 549 g/mol. The summed E-state index contributed by atoms with van der Waals surface area (Å²) in [5, 5.41) is 22.1. The maximum atomic E-state index is 13.6. The van der Waals surface area contributed by atoms with E-state index in [0.29, 0.717) is 15.3 Å². The number of benzene rings is 1. The van der Waals surface area contributed by atoms with Crippen LogP contribution in [0.15, 0.2) is 36.4 Å². The van der Waals surface area contributed by atoms with Gasteiger partial charge in [-0.05, 0) is 42.5 Å². The maximum absolute atomic E-state index is 13.6. The van der Waals surface area contributed by atoms with Crippen molar-refractivity contribution in [3.63, 3.8) is 0 Å². The van der Waals surface area contributed by atoms with Crippen LogP contribution in [-0.4, -0.2) is 55.6 Å². The molecule has 0 unspecified atom stereocenters. The summed E-state index contributed by atoms with van der Waals surface area (Å²) in [4.78, 5) is 43.0. The Morgan fingerprint density at radius 3 is 2.32 bits per heavy atom. The van der Waals surface area contributed by atoms with Gasteiger partial charge in [-0.15, -0.1) is 11.3 Å². The van der Waals surface area contributed by atoms with Gasteiger partial charge in [0.15, 0.2) is 3.95 Å². The average Bonchev–Trinajstić information content (AvgIpc) is 3.17. The number of carbonyl (C=O) groups excluding carboxylic acids is 3. The van der Waals surface area contributed by atoms with Crippen LogP contribution in [0.3, 0.4) is 0 Å². The number of nitrogens with one attached hydrogen (secondary N) is 2. The van der Waals surface area contributed by atoms with E-state index in [0.717, 1.165) is 16.9 Å². The quantitative estimate of drug-likeness (QED) is 0.173. The molecular formula is C26H36N4O5S2. The number of aromatic hydroxyl groups is 1. The molecule has 0 aliphatic carbocycles. The summed E-state index contributed by atoms with van der Waals surface area (Å²) in [6, 6.07) is 8.28. The number of aromatic amines is 1. The van der Waals surface area contributed by atoms with Crippen LogP contribution in [0.5, 0.6) is 5.88 Å². The molecule has 2 aromatic rings. The topological polar surface area (TPSA) is 126 Å². The molecule has 9 nitrogen and oxygen atoms in total. The highest BCUT2D eigenvalue weighted by atomic mass is 32.1. The molecular weight excluding hydrogens is 512 g/mol. The molecule has 1 aromatic carbocycles. The minimum absolute atomic E-state index is 0.0416. The molecule has 0 aliphatic rings. The first-order valence-corrected chi connectivity index (χ1v) is 13.4. The van der Waals surface area contributed by atoms with Gasteiger partial charge in [-0.2, -0.15) is 0 Å². The van der Waals surface area contributed by atoms with Gasteiger partial charge in [0.05, 0.1) is 11.3 Å². The van der Waals surface area contributed by atoms with Crippen LogP contribution in [0.1, 0.15) is 57.4 Å². The zero-order valence-electron chi connectivity index (χ0n) is 21.6. The van der Waals surface area contributed by atoms with Crippen LogP contribution in [0.25, 0.3) is 6.08 Å². The Morgan fingerprint density at radius 1 is 1.11 bits per heavy atom. The Labute approximate surface area is 226 Å². The second-order valence-corrected chi connectivity index (χ2v) is 11.3. The third kappa shape index (κ3) is 9.42. The fraction of sp³-hybridized carbons (Fsp3) is 0.462. The highest BCUT2D eigenvalue weighted by Gasteiger charge is 2.36. The Morgan fingerprint density at radius 2 is 1.78 bits per heavy atom. The van der Waals surface area contributed by atoms with Crippen LogP contribution in [0.2, 0.25) is 0 Å². The van der Waals surface area contributed by atoms with Crippen LogP contribution in [0, 0.1) is 15.8 Å². The van der Waals surface area contributed by atoms with Gasteiger partial charge in [0.2, 0.25) is 17.7 Å². The fourth-order valence-corrected chi connectivity index (χ4v) is 4.76. The molecule has 4 N–H and O–H groups in total. The number of hydrazine groups is 1. The lowest BCUT2D eigenvalue weighted by Crippen LogP contribution is -2.59. The Balaban J connectivity index is 2.48. The number of hydrogen-bond donors (Lipinski definition) is 4. The van der Waals surface area contributed by atoms with Crippen molar-refractivity contribution in [2.45, 2.75) is 59.4 Å². The smallest absolute Gasteiger partial charge is 0.268 e. The van der Waals surface area contributed by atoms with E-state index >= 15 is 0 Å². The zero-order valence-corrected chi connectivity index (χ0v) is 23.3. The monoisotopic (exact) mass is 548 g/mol. The van der Waals surface area contributed by atoms with Crippen molar-refractivity contribution in [3.05, 3.63) is 50.8 Å². The molecule has 0 saturated heterocycles. The normalized spacial score (nSPS) is 12.2. The summed E-state index contributed by atoms with van der Waals surface area (Å²) in [5.41, 5.74) is 2.57. The molecule has 0 bridgehead atoms. The number of H-pyrrole nitrogens is 1. The lowest BCUT2D eigenvalue weighted by molar-refractivity contribution is -0.175. The molecule has 202 valence electrons. The Kier molecular flexibility index (Phi) is 12.0. The van der Waals surface area contributed by atoms with E-state index < -0.39 is 23.8 Å². The molecule has 11 heteroatoms. The van der Waals surface area contributed by atoms with Gasteiger partial charge in [-0.3, -0.25) is 24.6 Å². The van der Waals surface area contributed by atoms with Crippen molar-refractivity contribution in [2.75, 3.05) is 6.54 Å². The van der Waals surface area contributed by atoms with E-state index in [4.69, 9.17) is 12.2 Å². The Hall–Kier alpha value is -3.02. The summed E-state index contributed by atoms with van der Waals surface area (Å²) in [6.45, 7) is 7.91. The van der Waals surface area contributed by atoms with Gasteiger partial charge in [-0.25, -0.2) is 10.5 Å². The van der Waals surface area contributed by atoms with E-state index in [1.165, 1.54) is 10.0 Å². The lowest BCUT2D eigenvalue weighted by Gasteiger charge is -2.40. The second-order valence-electron chi connectivity index (χ2n) is 9.54. The Bertz CT molecular complexity index is 1130. The van der Waals surface area contributed by atoms with Crippen LogP contribution in [-0.2, 0) is 20.8 Å². The third-order valence-corrected chi connectivity index (χ3v) is 6.69. The van der Waals surface area contributed by atoms with Crippen molar-refractivity contribution in [2.24, 2.45) is 11.8 Å².